The minimum atomic E-state index is -0.517. The largest absolute Gasteiger partial charge is 0.497 e. The molecule has 2 bridgehead atoms. The van der Waals surface area contributed by atoms with E-state index >= 15 is 0 Å². The standard InChI is InChI=1S/C24H26N2O2/c1-28-18-7-8-22-20(14-18)19(9-11-25-22)24(27)23-13-17-10-12-26(23)15-21(17)16-5-3-2-4-6-16/h2-9,11,14,17,21,23-24,27H,10,12-13,15H2,1H3/t17-,21+,23-,24+/m0/s1. The lowest BCUT2D eigenvalue weighted by Gasteiger charge is -2.51. The van der Waals surface area contributed by atoms with E-state index in [9.17, 15) is 5.11 Å². The van der Waals surface area contributed by atoms with Gasteiger partial charge >= 0.3 is 0 Å². The molecule has 3 fully saturated rings. The molecular formula is C24H26N2O2. The number of rotatable bonds is 4. The maximum absolute atomic E-state index is 11.4. The van der Waals surface area contributed by atoms with Crippen molar-refractivity contribution < 1.29 is 9.84 Å². The molecule has 0 saturated carbocycles. The van der Waals surface area contributed by atoms with Crippen LogP contribution in [0.3, 0.4) is 0 Å². The third kappa shape index (κ3) is 2.97. The van der Waals surface area contributed by atoms with Crippen molar-refractivity contribution in [2.45, 2.75) is 30.9 Å². The van der Waals surface area contributed by atoms with Gasteiger partial charge in [0.15, 0.2) is 0 Å². The number of fused-ring (bicyclic) bond motifs is 4. The van der Waals surface area contributed by atoms with Crippen LogP contribution in [-0.4, -0.2) is 41.2 Å². The van der Waals surface area contributed by atoms with Crippen LogP contribution in [0.4, 0.5) is 0 Å². The van der Waals surface area contributed by atoms with Gasteiger partial charge in [-0.3, -0.25) is 9.88 Å². The summed E-state index contributed by atoms with van der Waals surface area (Å²) in [6, 6.07) is 18.8. The average Bonchev–Trinajstić information content (AvgIpc) is 2.78. The Morgan fingerprint density at radius 1 is 1.14 bits per heavy atom. The fourth-order valence-corrected chi connectivity index (χ4v) is 5.21. The van der Waals surface area contributed by atoms with Crippen molar-refractivity contribution in [3.8, 4) is 5.75 Å². The van der Waals surface area contributed by atoms with Gasteiger partial charge in [0.2, 0.25) is 0 Å². The van der Waals surface area contributed by atoms with E-state index in [0.717, 1.165) is 41.7 Å². The zero-order valence-electron chi connectivity index (χ0n) is 16.2. The molecule has 3 aliphatic rings. The monoisotopic (exact) mass is 374 g/mol. The SMILES string of the molecule is COc1ccc2nccc([C@@H](O)[C@@H]3C[C@@H]4CCN3C[C@@H]4c3ccccc3)c2c1. The number of benzene rings is 2. The summed E-state index contributed by atoms with van der Waals surface area (Å²) in [5, 5.41) is 12.4. The summed E-state index contributed by atoms with van der Waals surface area (Å²) in [4.78, 5) is 6.96. The van der Waals surface area contributed by atoms with Crippen molar-refractivity contribution in [2.75, 3.05) is 20.2 Å². The summed E-state index contributed by atoms with van der Waals surface area (Å²) in [5.41, 5.74) is 3.29. The third-order valence-electron chi connectivity index (χ3n) is 6.69. The first-order chi connectivity index (χ1) is 13.7. The maximum Gasteiger partial charge on any atom is 0.119 e. The van der Waals surface area contributed by atoms with E-state index in [2.05, 4.69) is 40.2 Å². The van der Waals surface area contributed by atoms with Crippen LogP contribution >= 0.6 is 0 Å². The van der Waals surface area contributed by atoms with Crippen LogP contribution in [0.5, 0.6) is 5.75 Å². The van der Waals surface area contributed by atoms with E-state index < -0.39 is 6.10 Å². The number of aliphatic hydroxyl groups is 1. The molecule has 1 unspecified atom stereocenters. The van der Waals surface area contributed by atoms with Crippen molar-refractivity contribution in [2.24, 2.45) is 5.92 Å². The molecule has 1 N–H and O–H groups in total. The molecule has 4 heteroatoms. The highest BCUT2D eigenvalue weighted by Crippen LogP contribution is 2.45. The van der Waals surface area contributed by atoms with Gasteiger partial charge in [-0.1, -0.05) is 30.3 Å². The van der Waals surface area contributed by atoms with E-state index in [4.69, 9.17) is 4.74 Å². The molecular weight excluding hydrogens is 348 g/mol. The number of ether oxygens (including phenoxy) is 1. The van der Waals surface area contributed by atoms with E-state index in [0.29, 0.717) is 11.8 Å². The molecule has 0 spiro atoms. The van der Waals surface area contributed by atoms with E-state index in [-0.39, 0.29) is 6.04 Å². The van der Waals surface area contributed by atoms with Gasteiger partial charge < -0.3 is 9.84 Å². The molecule has 0 radical (unpaired) electrons. The van der Waals surface area contributed by atoms with Crippen molar-refractivity contribution in [1.82, 2.24) is 9.88 Å². The van der Waals surface area contributed by atoms with Crippen LogP contribution < -0.4 is 4.74 Å². The molecule has 6 rings (SSSR count). The van der Waals surface area contributed by atoms with Gasteiger partial charge in [0.05, 0.1) is 18.7 Å². The lowest BCUT2D eigenvalue weighted by atomic mass is 9.71. The van der Waals surface area contributed by atoms with Gasteiger partial charge in [0.1, 0.15) is 5.75 Å². The van der Waals surface area contributed by atoms with Gasteiger partial charge in [0, 0.05) is 24.2 Å². The highest BCUT2D eigenvalue weighted by molar-refractivity contribution is 5.84. The number of pyridine rings is 1. The predicted octanol–water partition coefficient (Wildman–Crippen LogP) is 4.15. The van der Waals surface area contributed by atoms with Gasteiger partial charge in [-0.2, -0.15) is 0 Å². The molecule has 4 heterocycles. The second-order valence-electron chi connectivity index (χ2n) is 8.09. The average molecular weight is 374 g/mol. The second kappa shape index (κ2) is 7.19. The quantitative estimate of drug-likeness (QED) is 0.745. The van der Waals surface area contributed by atoms with Gasteiger partial charge in [-0.15, -0.1) is 0 Å². The molecule has 3 aliphatic heterocycles. The molecule has 2 aromatic carbocycles. The van der Waals surface area contributed by atoms with Crippen molar-refractivity contribution >= 4 is 10.9 Å². The Morgan fingerprint density at radius 2 is 2.00 bits per heavy atom. The molecule has 0 aliphatic carbocycles. The topological polar surface area (TPSA) is 45.6 Å². The first-order valence-electron chi connectivity index (χ1n) is 10.1. The van der Waals surface area contributed by atoms with Gasteiger partial charge in [0.25, 0.3) is 0 Å². The number of piperidine rings is 3. The lowest BCUT2D eigenvalue weighted by Crippen LogP contribution is -2.54. The Labute approximate surface area is 165 Å². The minimum absolute atomic E-state index is 0.163. The summed E-state index contributed by atoms with van der Waals surface area (Å²) < 4.78 is 5.40. The molecule has 3 saturated heterocycles. The number of nitrogens with zero attached hydrogens (tertiary/aromatic N) is 2. The number of aromatic nitrogens is 1. The van der Waals surface area contributed by atoms with Crippen LogP contribution in [-0.2, 0) is 0 Å². The zero-order valence-corrected chi connectivity index (χ0v) is 16.2. The Bertz CT molecular complexity index is 975. The van der Waals surface area contributed by atoms with E-state index in [1.54, 1.807) is 13.3 Å². The molecule has 4 nitrogen and oxygen atoms in total. The molecule has 5 atom stereocenters. The predicted molar refractivity (Wildman–Crippen MR) is 111 cm³/mol. The maximum atomic E-state index is 11.4. The highest BCUT2D eigenvalue weighted by Gasteiger charge is 2.43. The number of methoxy groups -OCH3 is 1. The van der Waals surface area contributed by atoms with Gasteiger partial charge in [-0.05, 0) is 66.6 Å². The number of hydrogen-bond donors (Lipinski definition) is 1. The number of hydrogen-bond acceptors (Lipinski definition) is 4. The first-order valence-corrected chi connectivity index (χ1v) is 10.1. The third-order valence-corrected chi connectivity index (χ3v) is 6.69. The minimum Gasteiger partial charge on any atom is -0.497 e. The smallest absolute Gasteiger partial charge is 0.119 e. The van der Waals surface area contributed by atoms with Crippen LogP contribution in [0, 0.1) is 5.92 Å². The summed E-state index contributed by atoms with van der Waals surface area (Å²) >= 11 is 0. The van der Waals surface area contributed by atoms with Crippen LogP contribution in [0.2, 0.25) is 0 Å². The Kier molecular flexibility index (Phi) is 4.53. The zero-order chi connectivity index (χ0) is 19.1. The first kappa shape index (κ1) is 17.7. The summed E-state index contributed by atoms with van der Waals surface area (Å²) in [6.07, 6.45) is 3.54. The Morgan fingerprint density at radius 3 is 2.75 bits per heavy atom. The lowest BCUT2D eigenvalue weighted by molar-refractivity contribution is -0.0374. The molecule has 144 valence electrons. The van der Waals surface area contributed by atoms with Gasteiger partial charge in [-0.25, -0.2) is 0 Å². The van der Waals surface area contributed by atoms with Crippen LogP contribution in [0.25, 0.3) is 10.9 Å². The second-order valence-corrected chi connectivity index (χ2v) is 8.09. The fraction of sp³-hybridized carbons (Fsp3) is 0.375. The molecule has 0 amide bonds. The number of aliphatic hydroxyl groups excluding tert-OH is 1. The normalized spacial score (nSPS) is 27.6. The highest BCUT2D eigenvalue weighted by atomic mass is 16.5. The fourth-order valence-electron chi connectivity index (χ4n) is 5.21. The summed E-state index contributed by atoms with van der Waals surface area (Å²) in [5.74, 6) is 2.01. The molecule has 1 aromatic heterocycles. The Balaban J connectivity index is 1.44. The Hall–Kier alpha value is -2.43. The summed E-state index contributed by atoms with van der Waals surface area (Å²) in [7, 11) is 1.67. The van der Waals surface area contributed by atoms with Crippen molar-refractivity contribution in [3.05, 3.63) is 71.9 Å². The van der Waals surface area contributed by atoms with Crippen LogP contribution in [0.1, 0.15) is 36.0 Å². The van der Waals surface area contributed by atoms with E-state index in [1.807, 2.05) is 24.3 Å². The van der Waals surface area contributed by atoms with Crippen LogP contribution in [0.15, 0.2) is 60.8 Å². The molecule has 3 aromatic rings. The molecule has 28 heavy (non-hydrogen) atoms. The van der Waals surface area contributed by atoms with E-state index in [1.165, 1.54) is 12.0 Å². The van der Waals surface area contributed by atoms with Crippen molar-refractivity contribution in [1.29, 1.82) is 0 Å². The summed E-state index contributed by atoms with van der Waals surface area (Å²) in [6.45, 7) is 2.10. The van der Waals surface area contributed by atoms with Crippen molar-refractivity contribution in [3.63, 3.8) is 0 Å².